The van der Waals surface area contributed by atoms with Crippen LogP contribution >= 0.6 is 0 Å². The van der Waals surface area contributed by atoms with Crippen LogP contribution in [0.15, 0.2) is 30.3 Å². The molecule has 0 fully saturated rings. The van der Waals surface area contributed by atoms with Gasteiger partial charge in [0.25, 0.3) is 0 Å². The van der Waals surface area contributed by atoms with Crippen LogP contribution in [-0.4, -0.2) is 36.6 Å². The van der Waals surface area contributed by atoms with Crippen LogP contribution in [0.4, 0.5) is 4.79 Å². The molecule has 21 heavy (non-hydrogen) atoms. The molecule has 6 nitrogen and oxygen atoms in total. The normalized spacial score (nSPS) is 10.5. The van der Waals surface area contributed by atoms with Gasteiger partial charge < -0.3 is 10.1 Å². The smallest absolute Gasteiger partial charge is 0.422 e. The Bertz CT molecular complexity index is 449. The highest BCUT2D eigenvalue weighted by molar-refractivity contribution is 5.76. The predicted molar refractivity (Wildman–Crippen MR) is 80.3 cm³/mol. The van der Waals surface area contributed by atoms with Crippen LogP contribution in [0.1, 0.15) is 25.8 Å². The topological polar surface area (TPSA) is 70.7 Å². The van der Waals surface area contributed by atoms with Gasteiger partial charge in [-0.25, -0.2) is 9.80 Å². The second-order valence-electron chi connectivity index (χ2n) is 5.07. The van der Waals surface area contributed by atoms with Gasteiger partial charge in [0, 0.05) is 26.1 Å². The molecule has 0 aliphatic heterocycles. The van der Waals surface area contributed by atoms with Gasteiger partial charge in [0.1, 0.15) is 6.61 Å². The first kappa shape index (κ1) is 17.0. The molecule has 0 radical (unpaired) electrons. The number of ether oxygens (including phenoxy) is 1. The molecule has 0 spiro atoms. The lowest BCUT2D eigenvalue weighted by Crippen LogP contribution is -2.42. The first-order valence-electron chi connectivity index (χ1n) is 6.95. The van der Waals surface area contributed by atoms with E-state index < -0.39 is 6.09 Å². The fourth-order valence-electron chi connectivity index (χ4n) is 1.63. The number of hydrogen-bond donors (Lipinski definition) is 2. The van der Waals surface area contributed by atoms with Crippen molar-refractivity contribution in [1.82, 2.24) is 15.8 Å². The molecule has 116 valence electrons. The molecule has 0 atom stereocenters. The number of nitrogens with zero attached hydrogens (tertiary/aromatic N) is 1. The lowest BCUT2D eigenvalue weighted by Gasteiger charge is -2.18. The maximum Gasteiger partial charge on any atom is 0.422 e. The number of rotatable bonds is 7. The minimum absolute atomic E-state index is 0.0451. The largest absolute Gasteiger partial charge is 0.444 e. The summed E-state index contributed by atoms with van der Waals surface area (Å²) in [6, 6.07) is 9.55. The van der Waals surface area contributed by atoms with Crippen LogP contribution in [0.25, 0.3) is 0 Å². The van der Waals surface area contributed by atoms with Gasteiger partial charge in [-0.05, 0) is 19.4 Å². The maximum atomic E-state index is 11.6. The molecule has 0 aliphatic rings. The Morgan fingerprint density at radius 1 is 1.24 bits per heavy atom. The van der Waals surface area contributed by atoms with Gasteiger partial charge in [-0.15, -0.1) is 0 Å². The molecule has 1 aromatic carbocycles. The van der Waals surface area contributed by atoms with Crippen molar-refractivity contribution in [2.24, 2.45) is 0 Å². The zero-order valence-corrected chi connectivity index (χ0v) is 12.8. The first-order chi connectivity index (χ1) is 9.97. The van der Waals surface area contributed by atoms with E-state index in [9.17, 15) is 9.59 Å². The SMILES string of the molecule is CC(C)NC(=O)CCN(C)NC(=O)OCc1ccccc1. The fraction of sp³-hybridized carbons (Fsp3) is 0.467. The number of benzene rings is 1. The summed E-state index contributed by atoms with van der Waals surface area (Å²) in [5.74, 6) is -0.0451. The zero-order valence-electron chi connectivity index (χ0n) is 12.8. The molecule has 0 unspecified atom stereocenters. The van der Waals surface area contributed by atoms with Crippen molar-refractivity contribution in [2.75, 3.05) is 13.6 Å². The minimum atomic E-state index is -0.536. The highest BCUT2D eigenvalue weighted by atomic mass is 16.6. The first-order valence-corrected chi connectivity index (χ1v) is 6.95. The number of amides is 2. The van der Waals surface area contributed by atoms with E-state index >= 15 is 0 Å². The second-order valence-corrected chi connectivity index (χ2v) is 5.07. The highest BCUT2D eigenvalue weighted by Gasteiger charge is 2.09. The van der Waals surface area contributed by atoms with Crippen molar-refractivity contribution >= 4 is 12.0 Å². The van der Waals surface area contributed by atoms with Gasteiger partial charge in [-0.2, -0.15) is 0 Å². The van der Waals surface area contributed by atoms with E-state index in [-0.39, 0.29) is 18.6 Å². The van der Waals surface area contributed by atoms with Crippen molar-refractivity contribution in [3.63, 3.8) is 0 Å². The number of carbonyl (C=O) groups excluding carboxylic acids is 2. The molecule has 6 heteroatoms. The van der Waals surface area contributed by atoms with E-state index in [1.54, 1.807) is 7.05 Å². The molecule has 1 rings (SSSR count). The molecule has 0 aliphatic carbocycles. The van der Waals surface area contributed by atoms with E-state index in [2.05, 4.69) is 10.7 Å². The van der Waals surface area contributed by atoms with Gasteiger partial charge in [0.15, 0.2) is 0 Å². The third-order valence-corrected chi connectivity index (χ3v) is 2.62. The number of carbonyl (C=O) groups is 2. The third kappa shape index (κ3) is 7.94. The van der Waals surface area contributed by atoms with Gasteiger partial charge in [0.2, 0.25) is 5.91 Å². The van der Waals surface area contributed by atoms with Gasteiger partial charge in [0.05, 0.1) is 0 Å². The molecule has 1 aromatic rings. The summed E-state index contributed by atoms with van der Waals surface area (Å²) in [6.07, 6.45) is -0.223. The Kier molecular flexibility index (Phi) is 7.25. The molecule has 2 N–H and O–H groups in total. The van der Waals surface area contributed by atoms with Crippen LogP contribution in [0.2, 0.25) is 0 Å². The molecule has 0 saturated carbocycles. The Balaban J connectivity index is 2.20. The molecular weight excluding hydrogens is 270 g/mol. The Labute approximate surface area is 125 Å². The monoisotopic (exact) mass is 293 g/mol. The van der Waals surface area contributed by atoms with Gasteiger partial charge >= 0.3 is 6.09 Å². The highest BCUT2D eigenvalue weighted by Crippen LogP contribution is 2.00. The average molecular weight is 293 g/mol. The van der Waals surface area contributed by atoms with E-state index in [0.717, 1.165) is 5.56 Å². The standard InChI is InChI=1S/C15H23N3O3/c1-12(2)16-14(19)9-10-18(3)17-15(20)21-11-13-7-5-4-6-8-13/h4-8,12H,9-11H2,1-3H3,(H,16,19)(H,17,20). The second kappa shape index (κ2) is 8.97. The number of hydrazine groups is 1. The van der Waals surface area contributed by atoms with Crippen LogP contribution in [0.5, 0.6) is 0 Å². The Morgan fingerprint density at radius 3 is 2.52 bits per heavy atom. The molecule has 0 aromatic heterocycles. The summed E-state index contributed by atoms with van der Waals surface area (Å²) >= 11 is 0. The molecule has 2 amide bonds. The predicted octanol–water partition coefficient (Wildman–Crippen LogP) is 1.67. The van der Waals surface area contributed by atoms with Crippen LogP contribution in [0, 0.1) is 0 Å². The zero-order chi connectivity index (χ0) is 15.7. The Morgan fingerprint density at radius 2 is 1.90 bits per heavy atom. The summed E-state index contributed by atoms with van der Waals surface area (Å²) in [4.78, 5) is 23.0. The van der Waals surface area contributed by atoms with E-state index in [1.165, 1.54) is 5.01 Å². The van der Waals surface area contributed by atoms with Crippen LogP contribution < -0.4 is 10.7 Å². The average Bonchev–Trinajstić information content (AvgIpc) is 2.43. The van der Waals surface area contributed by atoms with Gasteiger partial charge in [-0.1, -0.05) is 30.3 Å². The van der Waals surface area contributed by atoms with Crippen molar-refractivity contribution in [3.05, 3.63) is 35.9 Å². The lowest BCUT2D eigenvalue weighted by atomic mass is 10.2. The summed E-state index contributed by atoms with van der Waals surface area (Å²) in [5, 5.41) is 4.32. The molecule has 0 bridgehead atoms. The number of hydrogen-bond acceptors (Lipinski definition) is 4. The maximum absolute atomic E-state index is 11.6. The van der Waals surface area contributed by atoms with Crippen LogP contribution in [-0.2, 0) is 16.1 Å². The third-order valence-electron chi connectivity index (χ3n) is 2.62. The number of nitrogens with one attached hydrogen (secondary N) is 2. The summed E-state index contributed by atoms with van der Waals surface area (Å²) in [6.45, 7) is 4.44. The van der Waals surface area contributed by atoms with Crippen molar-refractivity contribution < 1.29 is 14.3 Å². The fourth-order valence-corrected chi connectivity index (χ4v) is 1.63. The quantitative estimate of drug-likeness (QED) is 0.750. The van der Waals surface area contributed by atoms with Gasteiger partial charge in [-0.3, -0.25) is 10.2 Å². The Hall–Kier alpha value is -2.08. The van der Waals surface area contributed by atoms with Crippen molar-refractivity contribution in [3.8, 4) is 0 Å². The minimum Gasteiger partial charge on any atom is -0.444 e. The summed E-state index contributed by atoms with van der Waals surface area (Å²) in [7, 11) is 1.69. The van der Waals surface area contributed by atoms with E-state index in [4.69, 9.17) is 4.74 Å². The molecular formula is C15H23N3O3. The molecule has 0 heterocycles. The molecule has 0 saturated heterocycles. The summed E-state index contributed by atoms with van der Waals surface area (Å²) in [5.41, 5.74) is 3.47. The summed E-state index contributed by atoms with van der Waals surface area (Å²) < 4.78 is 5.08. The van der Waals surface area contributed by atoms with E-state index in [0.29, 0.717) is 13.0 Å². The van der Waals surface area contributed by atoms with E-state index in [1.807, 2.05) is 44.2 Å². The van der Waals surface area contributed by atoms with Crippen LogP contribution in [0.3, 0.4) is 0 Å². The van der Waals surface area contributed by atoms with Crippen molar-refractivity contribution in [2.45, 2.75) is 32.9 Å². The lowest BCUT2D eigenvalue weighted by molar-refractivity contribution is -0.122. The van der Waals surface area contributed by atoms with Crippen molar-refractivity contribution in [1.29, 1.82) is 0 Å².